The number of hydrogen-bond donors (Lipinski definition) is 1. The molecule has 0 fully saturated rings. The molecule has 3 rings (SSSR count). The van der Waals surface area contributed by atoms with Crippen molar-refractivity contribution in [1.82, 2.24) is 14.4 Å². The normalized spacial score (nSPS) is 10.9. The van der Waals surface area contributed by atoms with Crippen molar-refractivity contribution in [2.24, 2.45) is 0 Å². The van der Waals surface area contributed by atoms with Crippen LogP contribution >= 0.6 is 23.2 Å². The number of rotatable bonds is 2. The van der Waals surface area contributed by atoms with Crippen molar-refractivity contribution in [2.45, 2.75) is 13.8 Å². The number of aromatic nitrogens is 3. The maximum absolute atomic E-state index is 12.6. The first kappa shape index (κ1) is 14.8. The van der Waals surface area contributed by atoms with Crippen molar-refractivity contribution in [1.29, 1.82) is 0 Å². The largest absolute Gasteiger partial charge is 0.305 e. The second-order valence-electron chi connectivity index (χ2n) is 4.87. The van der Waals surface area contributed by atoms with Gasteiger partial charge in [0.15, 0.2) is 5.65 Å². The van der Waals surface area contributed by atoms with E-state index in [-0.39, 0.29) is 5.91 Å². The van der Waals surface area contributed by atoms with Crippen LogP contribution in [0, 0.1) is 13.8 Å². The maximum atomic E-state index is 12.6. The summed E-state index contributed by atoms with van der Waals surface area (Å²) in [7, 11) is 0. The number of amides is 1. The van der Waals surface area contributed by atoms with Crippen LogP contribution < -0.4 is 5.32 Å². The number of hydrogen-bond acceptors (Lipinski definition) is 3. The molecule has 0 aliphatic carbocycles. The highest BCUT2D eigenvalue weighted by atomic mass is 35.5. The average Bonchev–Trinajstić information content (AvgIpc) is 2.78. The molecular formula is C15H12Cl2N4O. The zero-order valence-electron chi connectivity index (χ0n) is 11.9. The fourth-order valence-electron chi connectivity index (χ4n) is 2.24. The highest BCUT2D eigenvalue weighted by molar-refractivity contribution is 6.36. The highest BCUT2D eigenvalue weighted by Crippen LogP contribution is 2.25. The zero-order chi connectivity index (χ0) is 15.9. The standard InChI is InChI=1S/C15H12Cl2N4O/c1-8-4-3-5-18-13(8)20-15(22)12-9(2)19-14-11(17)6-10(16)7-21(12)14/h3-7H,1-2H3,(H,18,20,22). The Balaban J connectivity index is 2.08. The fourth-order valence-corrected chi connectivity index (χ4v) is 2.76. The summed E-state index contributed by atoms with van der Waals surface area (Å²) in [5.74, 6) is 0.195. The second-order valence-corrected chi connectivity index (χ2v) is 5.71. The third-order valence-electron chi connectivity index (χ3n) is 3.27. The summed E-state index contributed by atoms with van der Waals surface area (Å²) in [6.45, 7) is 3.62. The lowest BCUT2D eigenvalue weighted by atomic mass is 10.2. The molecule has 22 heavy (non-hydrogen) atoms. The summed E-state index contributed by atoms with van der Waals surface area (Å²) in [6, 6.07) is 5.27. The molecule has 0 aliphatic rings. The van der Waals surface area contributed by atoms with Gasteiger partial charge in [0.25, 0.3) is 5.91 Å². The summed E-state index contributed by atoms with van der Waals surface area (Å²) in [4.78, 5) is 21.1. The van der Waals surface area contributed by atoms with E-state index in [0.717, 1.165) is 5.56 Å². The van der Waals surface area contributed by atoms with Gasteiger partial charge < -0.3 is 5.32 Å². The van der Waals surface area contributed by atoms with Crippen LogP contribution in [0.15, 0.2) is 30.6 Å². The molecule has 0 unspecified atom stereocenters. The maximum Gasteiger partial charge on any atom is 0.275 e. The molecular weight excluding hydrogens is 323 g/mol. The minimum atomic E-state index is -0.315. The van der Waals surface area contributed by atoms with Crippen LogP contribution in [0.3, 0.4) is 0 Å². The van der Waals surface area contributed by atoms with Crippen molar-refractivity contribution >= 4 is 40.6 Å². The molecule has 0 aliphatic heterocycles. The van der Waals surface area contributed by atoms with Crippen LogP contribution in [0.2, 0.25) is 10.0 Å². The van der Waals surface area contributed by atoms with Crippen LogP contribution in [0.25, 0.3) is 5.65 Å². The van der Waals surface area contributed by atoms with Gasteiger partial charge in [0.2, 0.25) is 0 Å². The monoisotopic (exact) mass is 334 g/mol. The third-order valence-corrected chi connectivity index (χ3v) is 3.76. The molecule has 3 heterocycles. The Hall–Kier alpha value is -2.11. The van der Waals surface area contributed by atoms with Gasteiger partial charge in [-0.1, -0.05) is 29.3 Å². The minimum absolute atomic E-state index is 0.315. The average molecular weight is 335 g/mol. The molecule has 1 N–H and O–H groups in total. The highest BCUT2D eigenvalue weighted by Gasteiger charge is 2.19. The molecule has 3 aromatic heterocycles. The molecule has 0 saturated carbocycles. The predicted octanol–water partition coefficient (Wildman–Crippen LogP) is 3.91. The van der Waals surface area contributed by atoms with Gasteiger partial charge in [-0.3, -0.25) is 9.20 Å². The topological polar surface area (TPSA) is 59.3 Å². The zero-order valence-corrected chi connectivity index (χ0v) is 13.4. The molecule has 1 amide bonds. The number of pyridine rings is 2. The number of carbonyl (C=O) groups is 1. The summed E-state index contributed by atoms with van der Waals surface area (Å²) in [5.41, 5.74) is 2.31. The summed E-state index contributed by atoms with van der Waals surface area (Å²) in [6.07, 6.45) is 3.24. The predicted molar refractivity (Wildman–Crippen MR) is 86.9 cm³/mol. The SMILES string of the molecule is Cc1cccnc1NC(=O)c1c(C)nc2c(Cl)cc(Cl)cn12. The molecule has 112 valence electrons. The van der Waals surface area contributed by atoms with Gasteiger partial charge in [-0.15, -0.1) is 0 Å². The number of fused-ring (bicyclic) bond motifs is 1. The summed E-state index contributed by atoms with van der Waals surface area (Å²) in [5, 5.41) is 3.61. The Kier molecular flexibility index (Phi) is 3.76. The minimum Gasteiger partial charge on any atom is -0.305 e. The van der Waals surface area contributed by atoms with Crippen LogP contribution in [0.4, 0.5) is 5.82 Å². The van der Waals surface area contributed by atoms with E-state index in [1.165, 1.54) is 0 Å². The van der Waals surface area contributed by atoms with E-state index in [4.69, 9.17) is 23.2 Å². The summed E-state index contributed by atoms with van der Waals surface area (Å²) >= 11 is 12.1. The first-order valence-electron chi connectivity index (χ1n) is 6.54. The number of imidazole rings is 1. The molecule has 0 spiro atoms. The smallest absolute Gasteiger partial charge is 0.275 e. The molecule has 0 radical (unpaired) electrons. The van der Waals surface area contributed by atoms with Gasteiger partial charge in [0.1, 0.15) is 11.5 Å². The van der Waals surface area contributed by atoms with E-state index in [1.54, 1.807) is 29.8 Å². The van der Waals surface area contributed by atoms with E-state index in [0.29, 0.717) is 32.9 Å². The Morgan fingerprint density at radius 3 is 2.82 bits per heavy atom. The molecule has 0 bridgehead atoms. The van der Waals surface area contributed by atoms with Crippen molar-refractivity contribution in [3.63, 3.8) is 0 Å². The Bertz CT molecular complexity index is 889. The van der Waals surface area contributed by atoms with E-state index in [9.17, 15) is 4.79 Å². The van der Waals surface area contributed by atoms with Crippen molar-refractivity contribution in [3.05, 3.63) is 57.6 Å². The van der Waals surface area contributed by atoms with Crippen LogP contribution in [-0.2, 0) is 0 Å². The molecule has 0 aromatic carbocycles. The number of carbonyl (C=O) groups excluding carboxylic acids is 1. The van der Waals surface area contributed by atoms with E-state index >= 15 is 0 Å². The second kappa shape index (κ2) is 5.59. The van der Waals surface area contributed by atoms with Crippen molar-refractivity contribution in [2.75, 3.05) is 5.32 Å². The Labute approximate surface area is 136 Å². The third kappa shape index (κ3) is 2.53. The van der Waals surface area contributed by atoms with Crippen molar-refractivity contribution in [3.8, 4) is 0 Å². The first-order chi connectivity index (χ1) is 10.5. The molecule has 0 atom stereocenters. The van der Waals surface area contributed by atoms with Crippen molar-refractivity contribution < 1.29 is 4.79 Å². The van der Waals surface area contributed by atoms with Gasteiger partial charge >= 0.3 is 0 Å². The number of anilines is 1. The first-order valence-corrected chi connectivity index (χ1v) is 7.29. The van der Waals surface area contributed by atoms with E-state index in [1.807, 2.05) is 19.1 Å². The lowest BCUT2D eigenvalue weighted by Crippen LogP contribution is -2.17. The molecule has 3 aromatic rings. The van der Waals surface area contributed by atoms with E-state index < -0.39 is 0 Å². The quantitative estimate of drug-likeness (QED) is 0.772. The number of nitrogens with one attached hydrogen (secondary N) is 1. The van der Waals surface area contributed by atoms with Gasteiger partial charge in [-0.05, 0) is 31.5 Å². The van der Waals surface area contributed by atoms with Gasteiger partial charge in [0, 0.05) is 12.4 Å². The summed E-state index contributed by atoms with van der Waals surface area (Å²) < 4.78 is 1.59. The molecule has 7 heteroatoms. The van der Waals surface area contributed by atoms with Gasteiger partial charge in [0.05, 0.1) is 15.7 Å². The molecule has 0 saturated heterocycles. The van der Waals surface area contributed by atoms with Crippen LogP contribution in [0.5, 0.6) is 0 Å². The number of nitrogens with zero attached hydrogens (tertiary/aromatic N) is 3. The van der Waals surface area contributed by atoms with Crippen LogP contribution in [-0.4, -0.2) is 20.3 Å². The Morgan fingerprint density at radius 2 is 2.09 bits per heavy atom. The lowest BCUT2D eigenvalue weighted by molar-refractivity contribution is 0.102. The van der Waals surface area contributed by atoms with Gasteiger partial charge in [-0.25, -0.2) is 9.97 Å². The Morgan fingerprint density at radius 1 is 1.32 bits per heavy atom. The fraction of sp³-hybridized carbons (Fsp3) is 0.133. The number of aryl methyl sites for hydroxylation is 2. The lowest BCUT2D eigenvalue weighted by Gasteiger charge is -2.08. The van der Waals surface area contributed by atoms with Crippen LogP contribution in [0.1, 0.15) is 21.7 Å². The van der Waals surface area contributed by atoms with Gasteiger partial charge in [-0.2, -0.15) is 0 Å². The molecule has 5 nitrogen and oxygen atoms in total. The number of halogens is 2. The van der Waals surface area contributed by atoms with E-state index in [2.05, 4.69) is 15.3 Å².